The minimum Gasteiger partial charge on any atom is -0.507 e. The van der Waals surface area contributed by atoms with E-state index < -0.39 is 0 Å². The maximum Gasteiger partial charge on any atom is 0.123 e. The first-order valence-corrected chi connectivity index (χ1v) is 15.4. The van der Waals surface area contributed by atoms with E-state index >= 15 is 0 Å². The molecular formula is C36H58N2O2. The van der Waals surface area contributed by atoms with Crippen LogP contribution in [-0.2, 0) is 34.7 Å². The standard InChI is InChI=1S/C36H58N2O2/c1-32(2,3)26-18-24(30(39)28(20-26)34(7,8)9)22-37-36(16-14-13-15-17-36)38-23-25-19-27(33(4,5)6)21-29(31(25)40)35(10,11)12/h18-21,37-40H,13-17,22-23H2,1-12H3. The number of nitrogens with one attached hydrogen (secondary N) is 2. The highest BCUT2D eigenvalue weighted by atomic mass is 16.3. The zero-order chi connectivity index (χ0) is 30.3. The van der Waals surface area contributed by atoms with Crippen molar-refractivity contribution in [2.45, 2.75) is 156 Å². The van der Waals surface area contributed by atoms with Gasteiger partial charge in [0.2, 0.25) is 0 Å². The Labute approximate surface area is 245 Å². The lowest BCUT2D eigenvalue weighted by molar-refractivity contribution is 0.175. The van der Waals surface area contributed by atoms with Crippen LogP contribution in [0.15, 0.2) is 24.3 Å². The van der Waals surface area contributed by atoms with E-state index in [0.29, 0.717) is 24.6 Å². The van der Waals surface area contributed by atoms with Crippen molar-refractivity contribution in [1.82, 2.24) is 10.6 Å². The summed E-state index contributed by atoms with van der Waals surface area (Å²) in [5.74, 6) is 0.814. The van der Waals surface area contributed by atoms with E-state index in [9.17, 15) is 10.2 Å². The average Bonchev–Trinajstić information content (AvgIpc) is 2.80. The molecule has 0 aliphatic heterocycles. The fraction of sp³-hybridized carbons (Fsp3) is 0.667. The monoisotopic (exact) mass is 550 g/mol. The van der Waals surface area contributed by atoms with Crippen molar-refractivity contribution in [3.05, 3.63) is 57.6 Å². The van der Waals surface area contributed by atoms with Crippen LogP contribution in [0.2, 0.25) is 0 Å². The van der Waals surface area contributed by atoms with E-state index in [1.54, 1.807) is 0 Å². The van der Waals surface area contributed by atoms with Crippen LogP contribution in [0.4, 0.5) is 0 Å². The third-order valence-corrected chi connectivity index (χ3v) is 8.67. The van der Waals surface area contributed by atoms with E-state index in [1.165, 1.54) is 17.5 Å². The van der Waals surface area contributed by atoms with Crippen LogP contribution in [0.1, 0.15) is 149 Å². The van der Waals surface area contributed by atoms with Crippen molar-refractivity contribution >= 4 is 0 Å². The molecule has 1 saturated carbocycles. The van der Waals surface area contributed by atoms with Gasteiger partial charge in [0.25, 0.3) is 0 Å². The first-order chi connectivity index (χ1) is 18.1. The molecule has 4 nitrogen and oxygen atoms in total. The van der Waals surface area contributed by atoms with E-state index in [1.807, 2.05) is 0 Å². The SMILES string of the molecule is CC(C)(C)c1cc(CNC2(NCc3cc(C(C)(C)C)cc(C(C)(C)C)c3O)CCCCC2)c(O)c(C(C)(C)C)c1. The molecule has 0 saturated heterocycles. The molecule has 0 bridgehead atoms. The molecule has 0 atom stereocenters. The maximum absolute atomic E-state index is 11.4. The van der Waals surface area contributed by atoms with Crippen molar-refractivity contribution in [3.63, 3.8) is 0 Å². The number of aromatic hydroxyl groups is 2. The summed E-state index contributed by atoms with van der Waals surface area (Å²) >= 11 is 0. The smallest absolute Gasteiger partial charge is 0.123 e. The minimum atomic E-state index is -0.254. The Kier molecular flexibility index (Phi) is 9.20. The number of phenols is 2. The molecule has 0 spiro atoms. The highest BCUT2D eigenvalue weighted by molar-refractivity contribution is 5.50. The molecule has 2 aromatic rings. The molecule has 40 heavy (non-hydrogen) atoms. The van der Waals surface area contributed by atoms with Gasteiger partial charge < -0.3 is 10.2 Å². The summed E-state index contributed by atoms with van der Waals surface area (Å²) in [7, 11) is 0. The van der Waals surface area contributed by atoms with Gasteiger partial charge in [-0.25, -0.2) is 0 Å². The van der Waals surface area contributed by atoms with Crippen LogP contribution in [0, 0.1) is 0 Å². The molecule has 0 unspecified atom stereocenters. The Balaban J connectivity index is 1.96. The first-order valence-electron chi connectivity index (χ1n) is 15.4. The van der Waals surface area contributed by atoms with Crippen molar-refractivity contribution in [3.8, 4) is 11.5 Å². The number of rotatable bonds is 6. The van der Waals surface area contributed by atoms with E-state index in [2.05, 4.69) is 118 Å². The third-order valence-electron chi connectivity index (χ3n) is 8.67. The molecule has 0 aromatic heterocycles. The zero-order valence-electron chi connectivity index (χ0n) is 27.7. The average molecular weight is 551 g/mol. The summed E-state index contributed by atoms with van der Waals surface area (Å²) in [5, 5.41) is 30.5. The minimum absolute atomic E-state index is 0.0103. The predicted octanol–water partition coefficient (Wildman–Crippen LogP) is 8.83. The van der Waals surface area contributed by atoms with Crippen molar-refractivity contribution in [1.29, 1.82) is 0 Å². The fourth-order valence-corrected chi connectivity index (χ4v) is 5.77. The number of hydrogen-bond donors (Lipinski definition) is 4. The number of phenolic OH excluding ortho intramolecular Hbond substituents is 2. The second-order valence-corrected chi connectivity index (χ2v) is 16.4. The molecule has 0 heterocycles. The lowest BCUT2D eigenvalue weighted by Crippen LogP contribution is -2.57. The summed E-state index contributed by atoms with van der Waals surface area (Å²) in [6, 6.07) is 8.74. The predicted molar refractivity (Wildman–Crippen MR) is 171 cm³/mol. The molecule has 3 rings (SSSR count). The topological polar surface area (TPSA) is 64.5 Å². The summed E-state index contributed by atoms with van der Waals surface area (Å²) in [6.45, 7) is 27.6. The van der Waals surface area contributed by atoms with Gasteiger partial charge in [-0.3, -0.25) is 10.6 Å². The van der Waals surface area contributed by atoms with Gasteiger partial charge in [-0.15, -0.1) is 0 Å². The fourth-order valence-electron chi connectivity index (χ4n) is 5.77. The molecule has 1 aliphatic rings. The summed E-state index contributed by atoms with van der Waals surface area (Å²) < 4.78 is 0. The van der Waals surface area contributed by atoms with Crippen molar-refractivity contribution in [2.24, 2.45) is 0 Å². The first kappa shape index (κ1) is 32.5. The van der Waals surface area contributed by atoms with Crippen LogP contribution >= 0.6 is 0 Å². The van der Waals surface area contributed by atoms with Gasteiger partial charge in [0, 0.05) is 24.2 Å². The molecule has 4 N–H and O–H groups in total. The molecule has 0 radical (unpaired) electrons. The Morgan fingerprint density at radius 1 is 0.550 bits per heavy atom. The number of hydrogen-bond acceptors (Lipinski definition) is 4. The Morgan fingerprint density at radius 3 is 1.20 bits per heavy atom. The second-order valence-electron chi connectivity index (χ2n) is 16.4. The maximum atomic E-state index is 11.4. The molecular weight excluding hydrogens is 492 g/mol. The molecule has 4 heteroatoms. The highest BCUT2D eigenvalue weighted by Crippen LogP contribution is 2.40. The quantitative estimate of drug-likeness (QED) is 0.271. The van der Waals surface area contributed by atoms with Gasteiger partial charge in [0.15, 0.2) is 0 Å². The molecule has 0 amide bonds. The zero-order valence-corrected chi connectivity index (χ0v) is 27.7. The summed E-state index contributed by atoms with van der Waals surface area (Å²) in [4.78, 5) is 0. The molecule has 1 aliphatic carbocycles. The van der Waals surface area contributed by atoms with Crippen molar-refractivity contribution < 1.29 is 10.2 Å². The second kappa shape index (κ2) is 11.3. The van der Waals surface area contributed by atoms with Gasteiger partial charge in [-0.05, 0) is 56.8 Å². The van der Waals surface area contributed by atoms with E-state index in [0.717, 1.165) is 47.9 Å². The highest BCUT2D eigenvalue weighted by Gasteiger charge is 2.33. The van der Waals surface area contributed by atoms with Gasteiger partial charge >= 0.3 is 0 Å². The van der Waals surface area contributed by atoms with Gasteiger partial charge in [-0.2, -0.15) is 0 Å². The largest absolute Gasteiger partial charge is 0.507 e. The Hall–Kier alpha value is -2.04. The summed E-state index contributed by atoms with van der Waals surface area (Å²) in [5.41, 5.74) is 5.83. The van der Waals surface area contributed by atoms with Crippen LogP contribution in [0.25, 0.3) is 0 Å². The van der Waals surface area contributed by atoms with E-state index in [-0.39, 0.29) is 27.3 Å². The normalized spacial score (nSPS) is 16.8. The Morgan fingerprint density at radius 2 is 0.900 bits per heavy atom. The molecule has 1 fully saturated rings. The lowest BCUT2D eigenvalue weighted by Gasteiger charge is -2.40. The van der Waals surface area contributed by atoms with Gasteiger partial charge in [0.1, 0.15) is 11.5 Å². The van der Waals surface area contributed by atoms with Crippen LogP contribution in [0.3, 0.4) is 0 Å². The van der Waals surface area contributed by atoms with E-state index in [4.69, 9.17) is 0 Å². The number of benzene rings is 2. The van der Waals surface area contributed by atoms with Crippen LogP contribution in [0.5, 0.6) is 11.5 Å². The van der Waals surface area contributed by atoms with Crippen molar-refractivity contribution in [2.75, 3.05) is 0 Å². The van der Waals surface area contributed by atoms with Crippen LogP contribution in [-0.4, -0.2) is 15.9 Å². The molecule has 2 aromatic carbocycles. The third kappa shape index (κ3) is 7.62. The Bertz CT molecular complexity index is 1090. The lowest BCUT2D eigenvalue weighted by atomic mass is 9.78. The summed E-state index contributed by atoms with van der Waals surface area (Å²) in [6.07, 6.45) is 5.59. The van der Waals surface area contributed by atoms with Gasteiger partial charge in [0.05, 0.1) is 5.66 Å². The van der Waals surface area contributed by atoms with Gasteiger partial charge in [-0.1, -0.05) is 127 Å². The molecule has 224 valence electrons. The van der Waals surface area contributed by atoms with Crippen LogP contribution < -0.4 is 10.6 Å².